The Morgan fingerprint density at radius 2 is 1.44 bits per heavy atom. The predicted molar refractivity (Wildman–Crippen MR) is 72.6 cm³/mol. The second-order valence-corrected chi connectivity index (χ2v) is 3.93. The summed E-state index contributed by atoms with van der Waals surface area (Å²) < 4.78 is 0. The van der Waals surface area contributed by atoms with Crippen molar-refractivity contribution >= 4 is 17.2 Å². The van der Waals surface area contributed by atoms with E-state index in [4.69, 9.17) is 12.2 Å². The van der Waals surface area contributed by atoms with Gasteiger partial charge in [0.1, 0.15) is 4.99 Å². The molecule has 0 aliphatic rings. The van der Waals surface area contributed by atoms with E-state index in [1.54, 1.807) is 0 Å². The molecule has 0 saturated heterocycles. The fraction of sp³-hybridized carbons (Fsp3) is 0.0714. The molecule has 0 spiro atoms. The van der Waals surface area contributed by atoms with E-state index in [-0.39, 0.29) is 0 Å². The van der Waals surface area contributed by atoms with E-state index in [2.05, 4.69) is 29.6 Å². The Hall–Kier alpha value is -1.67. The lowest BCUT2D eigenvalue weighted by molar-refractivity contribution is 1.20. The van der Waals surface area contributed by atoms with Crippen LogP contribution in [-0.4, -0.2) is 12.0 Å². The van der Waals surface area contributed by atoms with Crippen molar-refractivity contribution in [1.29, 1.82) is 0 Å². The minimum absolute atomic E-state index is 0.777. The molecule has 2 rings (SSSR count). The first-order chi connectivity index (χ1) is 7.81. The minimum atomic E-state index is 0.777. The third-order valence-corrected chi connectivity index (χ3v) is 2.92. The van der Waals surface area contributed by atoms with Gasteiger partial charge >= 0.3 is 0 Å². The van der Waals surface area contributed by atoms with E-state index in [0.29, 0.717) is 0 Å². The van der Waals surface area contributed by atoms with Crippen LogP contribution in [-0.2, 0) is 0 Å². The molecule has 0 bridgehead atoms. The Balaban J connectivity index is 2.30. The topological polar surface area (TPSA) is 12.0 Å². The molecule has 2 heteroatoms. The zero-order chi connectivity index (χ0) is 11.4. The highest BCUT2D eigenvalue weighted by Crippen LogP contribution is 2.19. The summed E-state index contributed by atoms with van der Waals surface area (Å²) in [5.41, 5.74) is 3.49. The summed E-state index contributed by atoms with van der Waals surface area (Å²) in [5.74, 6) is 0. The van der Waals surface area contributed by atoms with Crippen molar-refractivity contribution in [3.05, 3.63) is 60.2 Å². The van der Waals surface area contributed by atoms with Crippen LogP contribution in [0.15, 0.2) is 54.6 Å². The first-order valence-electron chi connectivity index (χ1n) is 5.19. The monoisotopic (exact) mass is 227 g/mol. The predicted octanol–water partition coefficient (Wildman–Crippen LogP) is 3.25. The quantitative estimate of drug-likeness (QED) is 0.790. The molecule has 2 aromatic carbocycles. The van der Waals surface area contributed by atoms with Crippen molar-refractivity contribution in [2.24, 2.45) is 0 Å². The summed E-state index contributed by atoms with van der Waals surface area (Å²) in [6.45, 7) is 0. The molecular weight excluding hydrogens is 214 g/mol. The van der Waals surface area contributed by atoms with Crippen LogP contribution >= 0.6 is 12.2 Å². The molecule has 0 saturated carbocycles. The van der Waals surface area contributed by atoms with Gasteiger partial charge in [0, 0.05) is 12.6 Å². The summed E-state index contributed by atoms with van der Waals surface area (Å²) in [6, 6.07) is 18.6. The molecule has 0 atom stereocenters. The molecule has 1 nitrogen and oxygen atoms in total. The third kappa shape index (κ3) is 2.28. The van der Waals surface area contributed by atoms with E-state index in [1.165, 1.54) is 11.1 Å². The van der Waals surface area contributed by atoms with Crippen molar-refractivity contribution < 1.29 is 0 Å². The first kappa shape index (κ1) is 10.8. The van der Waals surface area contributed by atoms with Crippen LogP contribution in [0.4, 0.5) is 0 Å². The van der Waals surface area contributed by atoms with Crippen LogP contribution in [0.3, 0.4) is 0 Å². The minimum Gasteiger partial charge on any atom is -0.379 e. The summed E-state index contributed by atoms with van der Waals surface area (Å²) in [6.07, 6.45) is 0. The number of nitrogens with one attached hydrogen (secondary N) is 1. The lowest BCUT2D eigenvalue weighted by Gasteiger charge is -2.05. The molecule has 0 aromatic heterocycles. The van der Waals surface area contributed by atoms with Gasteiger partial charge in [-0.2, -0.15) is 0 Å². The van der Waals surface area contributed by atoms with Crippen LogP contribution in [0.5, 0.6) is 0 Å². The molecule has 0 fully saturated rings. The molecule has 16 heavy (non-hydrogen) atoms. The highest BCUT2D eigenvalue weighted by molar-refractivity contribution is 7.80. The summed E-state index contributed by atoms with van der Waals surface area (Å²) in [4.78, 5) is 0.777. The van der Waals surface area contributed by atoms with Gasteiger partial charge < -0.3 is 5.32 Å². The molecule has 1 N–H and O–H groups in total. The Labute approximate surface area is 101 Å². The van der Waals surface area contributed by atoms with Gasteiger partial charge in [0.25, 0.3) is 0 Å². The van der Waals surface area contributed by atoms with Crippen molar-refractivity contribution in [1.82, 2.24) is 5.32 Å². The van der Waals surface area contributed by atoms with Crippen molar-refractivity contribution in [3.8, 4) is 11.1 Å². The highest BCUT2D eigenvalue weighted by Gasteiger charge is 1.99. The Bertz CT molecular complexity index is 474. The SMILES string of the molecule is CNC(=S)c1ccc(-c2ccccc2)cc1. The average molecular weight is 227 g/mol. The Kier molecular flexibility index (Phi) is 3.32. The maximum absolute atomic E-state index is 5.17. The zero-order valence-electron chi connectivity index (χ0n) is 9.10. The standard InChI is InChI=1S/C14H13NS/c1-15-14(16)13-9-7-12(8-10-13)11-5-3-2-4-6-11/h2-10H,1H3,(H,15,16). The molecule has 0 aliphatic carbocycles. The van der Waals surface area contributed by atoms with Gasteiger partial charge in [0.05, 0.1) is 0 Å². The molecule has 0 aliphatic heterocycles. The molecule has 0 amide bonds. The van der Waals surface area contributed by atoms with Crippen molar-refractivity contribution in [2.75, 3.05) is 7.05 Å². The number of hydrogen-bond acceptors (Lipinski definition) is 1. The third-order valence-electron chi connectivity index (χ3n) is 2.48. The average Bonchev–Trinajstić information content (AvgIpc) is 2.39. The first-order valence-corrected chi connectivity index (χ1v) is 5.59. The van der Waals surface area contributed by atoms with Crippen LogP contribution in [0.1, 0.15) is 5.56 Å². The summed E-state index contributed by atoms with van der Waals surface area (Å²) in [5, 5.41) is 2.97. The summed E-state index contributed by atoms with van der Waals surface area (Å²) in [7, 11) is 1.84. The molecule has 0 radical (unpaired) electrons. The second-order valence-electron chi connectivity index (χ2n) is 3.52. The fourth-order valence-electron chi connectivity index (χ4n) is 1.59. The molecule has 80 valence electrons. The Morgan fingerprint density at radius 3 is 2.00 bits per heavy atom. The normalized spacial score (nSPS) is 9.81. The Morgan fingerprint density at radius 1 is 0.875 bits per heavy atom. The van der Waals surface area contributed by atoms with Crippen LogP contribution in [0.2, 0.25) is 0 Å². The van der Waals surface area contributed by atoms with Crippen molar-refractivity contribution in [2.45, 2.75) is 0 Å². The van der Waals surface area contributed by atoms with Crippen LogP contribution in [0, 0.1) is 0 Å². The van der Waals surface area contributed by atoms with Gasteiger partial charge in [0.2, 0.25) is 0 Å². The van der Waals surface area contributed by atoms with Gasteiger partial charge in [0.15, 0.2) is 0 Å². The van der Waals surface area contributed by atoms with E-state index in [9.17, 15) is 0 Å². The zero-order valence-corrected chi connectivity index (χ0v) is 9.92. The second kappa shape index (κ2) is 4.90. The molecule has 0 unspecified atom stereocenters. The smallest absolute Gasteiger partial charge is 0.106 e. The maximum Gasteiger partial charge on any atom is 0.106 e. The van der Waals surface area contributed by atoms with Crippen LogP contribution < -0.4 is 5.32 Å². The number of thiocarbonyl (C=S) groups is 1. The van der Waals surface area contributed by atoms with Gasteiger partial charge in [-0.1, -0.05) is 66.8 Å². The lowest BCUT2D eigenvalue weighted by atomic mass is 10.0. The number of benzene rings is 2. The van der Waals surface area contributed by atoms with E-state index < -0.39 is 0 Å². The van der Waals surface area contributed by atoms with Crippen LogP contribution in [0.25, 0.3) is 11.1 Å². The number of hydrogen-bond donors (Lipinski definition) is 1. The largest absolute Gasteiger partial charge is 0.379 e. The lowest BCUT2D eigenvalue weighted by Crippen LogP contribution is -2.16. The van der Waals surface area contributed by atoms with E-state index >= 15 is 0 Å². The van der Waals surface area contributed by atoms with Gasteiger partial charge in [-0.15, -0.1) is 0 Å². The number of rotatable bonds is 2. The van der Waals surface area contributed by atoms with E-state index in [1.807, 2.05) is 37.4 Å². The summed E-state index contributed by atoms with van der Waals surface area (Å²) >= 11 is 5.17. The van der Waals surface area contributed by atoms with Gasteiger partial charge in [-0.25, -0.2) is 0 Å². The maximum atomic E-state index is 5.17. The van der Waals surface area contributed by atoms with Crippen molar-refractivity contribution in [3.63, 3.8) is 0 Å². The molecule has 2 aromatic rings. The fourth-order valence-corrected chi connectivity index (χ4v) is 1.73. The molecular formula is C14H13NS. The van der Waals surface area contributed by atoms with Gasteiger partial charge in [-0.3, -0.25) is 0 Å². The van der Waals surface area contributed by atoms with Gasteiger partial charge in [-0.05, 0) is 11.1 Å². The highest BCUT2D eigenvalue weighted by atomic mass is 32.1. The van der Waals surface area contributed by atoms with E-state index in [0.717, 1.165) is 10.6 Å². The molecule has 0 heterocycles.